The van der Waals surface area contributed by atoms with Gasteiger partial charge in [0.15, 0.2) is 16.6 Å². The summed E-state index contributed by atoms with van der Waals surface area (Å²) in [5.74, 6) is 0.381. The molecule has 0 bridgehead atoms. The molecule has 138 valence electrons. The standard InChI is InChI=1S/C17H24N2O5S/c1-22-14-8-12(16(21)24-3)13(9-15(14)23-2)18-17(25)19-7-5-4-6-11(19)10-20/h8-9,11,20H,4-7,10H2,1-3H3,(H,18,25). The van der Waals surface area contributed by atoms with Crippen molar-refractivity contribution < 1.29 is 24.1 Å². The number of esters is 1. The molecule has 0 spiro atoms. The molecular formula is C17H24N2O5S. The lowest BCUT2D eigenvalue weighted by molar-refractivity contribution is 0.0601. The molecule has 0 aromatic heterocycles. The molecule has 2 N–H and O–H groups in total. The van der Waals surface area contributed by atoms with Gasteiger partial charge in [-0.2, -0.15) is 0 Å². The number of benzene rings is 1. The molecule has 1 unspecified atom stereocenters. The smallest absolute Gasteiger partial charge is 0.340 e. The second-order valence-corrected chi connectivity index (χ2v) is 6.09. The quantitative estimate of drug-likeness (QED) is 0.604. The number of anilines is 1. The van der Waals surface area contributed by atoms with Crippen molar-refractivity contribution in [2.24, 2.45) is 0 Å². The summed E-state index contributed by atoms with van der Waals surface area (Å²) in [5, 5.41) is 13.1. The first-order chi connectivity index (χ1) is 12.0. The number of aliphatic hydroxyl groups is 1. The van der Waals surface area contributed by atoms with E-state index >= 15 is 0 Å². The summed E-state index contributed by atoms with van der Waals surface area (Å²) in [4.78, 5) is 14.1. The largest absolute Gasteiger partial charge is 0.493 e. The van der Waals surface area contributed by atoms with Crippen LogP contribution in [-0.2, 0) is 4.74 Å². The molecule has 1 aromatic carbocycles. The van der Waals surface area contributed by atoms with Gasteiger partial charge in [-0.1, -0.05) is 0 Å². The number of carbonyl (C=O) groups is 1. The van der Waals surface area contributed by atoms with Gasteiger partial charge in [0, 0.05) is 18.7 Å². The topological polar surface area (TPSA) is 80.3 Å². The maximum Gasteiger partial charge on any atom is 0.340 e. The predicted molar refractivity (Wildman–Crippen MR) is 98.5 cm³/mol. The highest BCUT2D eigenvalue weighted by atomic mass is 32.1. The Hall–Kier alpha value is -2.06. The number of likely N-dealkylation sites (tertiary alicyclic amines) is 1. The lowest BCUT2D eigenvalue weighted by Gasteiger charge is -2.36. The number of hydrogen-bond acceptors (Lipinski definition) is 6. The number of nitrogens with one attached hydrogen (secondary N) is 1. The molecule has 2 rings (SSSR count). The predicted octanol–water partition coefficient (Wildman–Crippen LogP) is 2.03. The molecule has 0 saturated carbocycles. The molecule has 8 heteroatoms. The third-order valence-corrected chi connectivity index (χ3v) is 4.61. The SMILES string of the molecule is COC(=O)c1cc(OC)c(OC)cc1NC(=S)N1CCCCC1CO. The number of piperidine rings is 1. The van der Waals surface area contributed by atoms with Gasteiger partial charge in [-0.15, -0.1) is 0 Å². The maximum absolute atomic E-state index is 12.1. The van der Waals surface area contributed by atoms with Crippen molar-refractivity contribution in [2.75, 3.05) is 39.8 Å². The van der Waals surface area contributed by atoms with Crippen LogP contribution in [0, 0.1) is 0 Å². The van der Waals surface area contributed by atoms with E-state index in [-0.39, 0.29) is 12.6 Å². The van der Waals surface area contributed by atoms with Crippen LogP contribution in [0.2, 0.25) is 0 Å². The fourth-order valence-electron chi connectivity index (χ4n) is 2.91. The molecular weight excluding hydrogens is 344 g/mol. The molecule has 1 aliphatic rings. The number of ether oxygens (including phenoxy) is 3. The number of methoxy groups -OCH3 is 3. The molecule has 25 heavy (non-hydrogen) atoms. The monoisotopic (exact) mass is 368 g/mol. The first-order valence-corrected chi connectivity index (χ1v) is 8.49. The van der Waals surface area contributed by atoms with Gasteiger partial charge in [0.2, 0.25) is 0 Å². The average Bonchev–Trinajstić information content (AvgIpc) is 2.66. The van der Waals surface area contributed by atoms with Crippen LogP contribution in [0.1, 0.15) is 29.6 Å². The zero-order chi connectivity index (χ0) is 18.4. The summed E-state index contributed by atoms with van der Waals surface area (Å²) >= 11 is 5.50. The number of thiocarbonyl (C=S) groups is 1. The van der Waals surface area contributed by atoms with Gasteiger partial charge in [0.05, 0.1) is 45.2 Å². The highest BCUT2D eigenvalue weighted by molar-refractivity contribution is 7.80. The first-order valence-electron chi connectivity index (χ1n) is 8.08. The van der Waals surface area contributed by atoms with E-state index in [0.717, 1.165) is 25.8 Å². The van der Waals surface area contributed by atoms with Crippen molar-refractivity contribution >= 4 is 29.0 Å². The van der Waals surface area contributed by atoms with Crippen LogP contribution in [0.5, 0.6) is 11.5 Å². The summed E-state index contributed by atoms with van der Waals surface area (Å²) in [6.45, 7) is 0.801. The molecule has 0 aliphatic carbocycles. The number of carbonyl (C=O) groups excluding carboxylic acids is 1. The summed E-state index contributed by atoms with van der Waals surface area (Å²) in [6.07, 6.45) is 2.95. The van der Waals surface area contributed by atoms with Gasteiger partial charge in [-0.25, -0.2) is 4.79 Å². The lowest BCUT2D eigenvalue weighted by atomic mass is 10.0. The average molecular weight is 368 g/mol. The van der Waals surface area contributed by atoms with E-state index in [0.29, 0.717) is 27.9 Å². The molecule has 0 amide bonds. The Morgan fingerprint density at radius 3 is 2.56 bits per heavy atom. The third-order valence-electron chi connectivity index (χ3n) is 4.27. The van der Waals surface area contributed by atoms with E-state index in [1.165, 1.54) is 21.3 Å². The van der Waals surface area contributed by atoms with Crippen LogP contribution in [0.15, 0.2) is 12.1 Å². The van der Waals surface area contributed by atoms with Gasteiger partial charge in [-0.05, 0) is 31.5 Å². The van der Waals surface area contributed by atoms with E-state index in [9.17, 15) is 9.90 Å². The lowest BCUT2D eigenvalue weighted by Crippen LogP contribution is -2.47. The highest BCUT2D eigenvalue weighted by Gasteiger charge is 2.25. The van der Waals surface area contributed by atoms with Crippen molar-refractivity contribution in [2.45, 2.75) is 25.3 Å². The van der Waals surface area contributed by atoms with Crippen molar-refractivity contribution in [3.63, 3.8) is 0 Å². The summed E-state index contributed by atoms with van der Waals surface area (Å²) < 4.78 is 15.4. The normalized spacial score (nSPS) is 17.0. The van der Waals surface area contributed by atoms with Crippen molar-refractivity contribution in [1.82, 2.24) is 4.90 Å². The van der Waals surface area contributed by atoms with Gasteiger partial charge in [0.25, 0.3) is 0 Å². The Bertz CT molecular complexity index is 638. The minimum Gasteiger partial charge on any atom is -0.493 e. The van der Waals surface area contributed by atoms with Crippen LogP contribution >= 0.6 is 12.2 Å². The Morgan fingerprint density at radius 2 is 1.96 bits per heavy atom. The third kappa shape index (κ3) is 4.32. The van der Waals surface area contributed by atoms with E-state index in [4.69, 9.17) is 26.4 Å². The number of nitrogens with zero attached hydrogens (tertiary/aromatic N) is 1. The molecule has 1 heterocycles. The van der Waals surface area contributed by atoms with E-state index in [2.05, 4.69) is 5.32 Å². The van der Waals surface area contributed by atoms with Crippen LogP contribution in [0.25, 0.3) is 0 Å². The number of hydrogen-bond donors (Lipinski definition) is 2. The van der Waals surface area contributed by atoms with E-state index in [1.807, 2.05) is 4.90 Å². The molecule has 1 aliphatic heterocycles. The van der Waals surface area contributed by atoms with Gasteiger partial charge in [-0.3, -0.25) is 0 Å². The number of rotatable bonds is 5. The molecule has 1 fully saturated rings. The maximum atomic E-state index is 12.1. The molecule has 7 nitrogen and oxygen atoms in total. The minimum absolute atomic E-state index is 0.0181. The minimum atomic E-state index is -0.511. The van der Waals surface area contributed by atoms with Gasteiger partial charge < -0.3 is 29.5 Å². The van der Waals surface area contributed by atoms with Crippen molar-refractivity contribution in [3.05, 3.63) is 17.7 Å². The second kappa shape index (κ2) is 8.87. The second-order valence-electron chi connectivity index (χ2n) is 5.70. The van der Waals surface area contributed by atoms with Gasteiger partial charge >= 0.3 is 5.97 Å². The fourth-order valence-corrected chi connectivity index (χ4v) is 3.26. The molecule has 1 aromatic rings. The van der Waals surface area contributed by atoms with Gasteiger partial charge in [0.1, 0.15) is 0 Å². The summed E-state index contributed by atoms with van der Waals surface area (Å²) in [7, 11) is 4.33. The van der Waals surface area contributed by atoms with Crippen LogP contribution in [-0.4, -0.2) is 61.6 Å². The zero-order valence-electron chi connectivity index (χ0n) is 14.7. The van der Waals surface area contributed by atoms with Crippen molar-refractivity contribution in [1.29, 1.82) is 0 Å². The first kappa shape index (κ1) is 19.3. The summed E-state index contributed by atoms with van der Waals surface area (Å²) in [6, 6.07) is 3.18. The Morgan fingerprint density at radius 1 is 1.28 bits per heavy atom. The number of aliphatic hydroxyl groups excluding tert-OH is 1. The van der Waals surface area contributed by atoms with Crippen LogP contribution < -0.4 is 14.8 Å². The fraction of sp³-hybridized carbons (Fsp3) is 0.529. The highest BCUT2D eigenvalue weighted by Crippen LogP contribution is 2.34. The molecule has 0 radical (unpaired) electrons. The van der Waals surface area contributed by atoms with Crippen LogP contribution in [0.4, 0.5) is 5.69 Å². The molecule has 1 saturated heterocycles. The Balaban J connectivity index is 2.33. The Labute approximate surface area is 152 Å². The zero-order valence-corrected chi connectivity index (χ0v) is 15.5. The van der Waals surface area contributed by atoms with E-state index < -0.39 is 5.97 Å². The van der Waals surface area contributed by atoms with E-state index in [1.54, 1.807) is 12.1 Å². The summed E-state index contributed by atoms with van der Waals surface area (Å²) in [5.41, 5.74) is 0.761. The van der Waals surface area contributed by atoms with Crippen LogP contribution in [0.3, 0.4) is 0 Å². The van der Waals surface area contributed by atoms with Crippen molar-refractivity contribution in [3.8, 4) is 11.5 Å². The molecule has 1 atom stereocenters. The Kier molecular flexibility index (Phi) is 6.83.